The number of aryl methyl sites for hydroxylation is 1. The number of pyridine rings is 3. The number of nitrogens with zero attached hydrogens (tertiary/aromatic N) is 3. The summed E-state index contributed by atoms with van der Waals surface area (Å²) >= 11 is 0. The van der Waals surface area contributed by atoms with Crippen LogP contribution in [-0.4, -0.2) is 26.0 Å². The molecule has 3 aromatic rings. The lowest BCUT2D eigenvalue weighted by Gasteiger charge is -2.59. The van der Waals surface area contributed by atoms with Crippen LogP contribution in [0.1, 0.15) is 50.0 Å². The molecule has 148 valence electrons. The molecule has 0 radical (unpaired) electrons. The average molecular weight is 388 g/mol. The van der Waals surface area contributed by atoms with E-state index in [9.17, 15) is 9.90 Å². The van der Waals surface area contributed by atoms with Crippen molar-refractivity contribution in [3.8, 4) is 11.3 Å². The second-order valence-corrected chi connectivity index (χ2v) is 8.55. The molecule has 1 amide bonds. The molecule has 1 unspecified atom stereocenters. The van der Waals surface area contributed by atoms with E-state index in [0.29, 0.717) is 17.9 Å². The summed E-state index contributed by atoms with van der Waals surface area (Å²) in [6.45, 7) is 3.93. The molecule has 29 heavy (non-hydrogen) atoms. The Morgan fingerprint density at radius 1 is 1.14 bits per heavy atom. The first-order valence-corrected chi connectivity index (χ1v) is 10.2. The molecule has 6 rings (SSSR count). The fourth-order valence-corrected chi connectivity index (χ4v) is 4.50. The Hall–Kier alpha value is -2.86. The molecule has 1 atom stereocenters. The van der Waals surface area contributed by atoms with Crippen LogP contribution in [0.3, 0.4) is 0 Å². The molecule has 0 spiro atoms. The van der Waals surface area contributed by atoms with Gasteiger partial charge in [0.15, 0.2) is 0 Å². The van der Waals surface area contributed by atoms with Gasteiger partial charge in [0.05, 0.1) is 22.9 Å². The molecule has 0 aromatic carbocycles. The van der Waals surface area contributed by atoms with Gasteiger partial charge in [-0.3, -0.25) is 14.8 Å². The van der Waals surface area contributed by atoms with Gasteiger partial charge in [-0.2, -0.15) is 0 Å². The van der Waals surface area contributed by atoms with Crippen molar-refractivity contribution in [2.24, 2.45) is 11.3 Å². The molecule has 0 saturated heterocycles. The first-order valence-electron chi connectivity index (χ1n) is 10.2. The summed E-state index contributed by atoms with van der Waals surface area (Å²) in [5, 5.41) is 14.9. The predicted octanol–water partition coefficient (Wildman–Crippen LogP) is 4.18. The van der Waals surface area contributed by atoms with Crippen LogP contribution in [0.2, 0.25) is 0 Å². The number of rotatable bonds is 5. The maximum atomic E-state index is 12.5. The van der Waals surface area contributed by atoms with E-state index in [1.165, 1.54) is 0 Å². The second-order valence-electron chi connectivity index (χ2n) is 8.55. The number of carbonyl (C=O) groups excluding carboxylic acids is 1. The number of hydrogen-bond acceptors (Lipinski definition) is 5. The predicted molar refractivity (Wildman–Crippen MR) is 111 cm³/mol. The van der Waals surface area contributed by atoms with Crippen molar-refractivity contribution < 1.29 is 9.90 Å². The first kappa shape index (κ1) is 18.2. The highest BCUT2D eigenvalue weighted by Crippen LogP contribution is 2.64. The Bertz CT molecular complexity index is 1110. The maximum Gasteiger partial charge on any atom is 0.231 e. The zero-order valence-corrected chi connectivity index (χ0v) is 16.6. The van der Waals surface area contributed by atoms with Crippen LogP contribution in [0.25, 0.3) is 22.0 Å². The van der Waals surface area contributed by atoms with Crippen LogP contribution in [0.5, 0.6) is 0 Å². The molecule has 3 fully saturated rings. The normalized spacial score (nSPS) is 23.2. The summed E-state index contributed by atoms with van der Waals surface area (Å²) in [7, 11) is 0. The van der Waals surface area contributed by atoms with E-state index >= 15 is 0 Å². The fraction of sp³-hybridized carbons (Fsp3) is 0.391. The Labute approximate surface area is 169 Å². The van der Waals surface area contributed by atoms with Crippen molar-refractivity contribution >= 4 is 22.5 Å². The van der Waals surface area contributed by atoms with Crippen LogP contribution in [0.4, 0.5) is 5.82 Å². The minimum atomic E-state index is -0.546. The third-order valence-corrected chi connectivity index (χ3v) is 6.50. The molecular weight excluding hydrogens is 364 g/mol. The topological polar surface area (TPSA) is 88.0 Å². The summed E-state index contributed by atoms with van der Waals surface area (Å²) in [6, 6.07) is 5.77. The second kappa shape index (κ2) is 6.59. The molecule has 3 aliphatic carbocycles. The van der Waals surface area contributed by atoms with E-state index < -0.39 is 6.10 Å². The van der Waals surface area contributed by atoms with E-state index in [1.54, 1.807) is 18.6 Å². The zero-order chi connectivity index (χ0) is 20.2. The van der Waals surface area contributed by atoms with Crippen LogP contribution < -0.4 is 5.32 Å². The average Bonchev–Trinajstić information content (AvgIpc) is 2.64. The highest BCUT2D eigenvalue weighted by atomic mass is 16.3. The molecule has 3 aromatic heterocycles. The number of nitrogens with one attached hydrogen (secondary N) is 1. The Morgan fingerprint density at radius 2 is 1.86 bits per heavy atom. The smallest absolute Gasteiger partial charge is 0.231 e. The van der Waals surface area contributed by atoms with Gasteiger partial charge < -0.3 is 10.4 Å². The zero-order valence-electron chi connectivity index (χ0n) is 16.6. The number of aliphatic hydroxyl groups is 1. The van der Waals surface area contributed by atoms with Gasteiger partial charge in [-0.15, -0.1) is 0 Å². The Morgan fingerprint density at radius 3 is 2.52 bits per heavy atom. The monoisotopic (exact) mass is 388 g/mol. The van der Waals surface area contributed by atoms with Crippen molar-refractivity contribution in [3.63, 3.8) is 0 Å². The van der Waals surface area contributed by atoms with Crippen LogP contribution >= 0.6 is 0 Å². The lowest BCUT2D eigenvalue weighted by atomic mass is 9.44. The summed E-state index contributed by atoms with van der Waals surface area (Å²) in [5.41, 5.74) is 3.32. The van der Waals surface area contributed by atoms with Crippen molar-refractivity contribution in [3.05, 3.63) is 48.0 Å². The first-order chi connectivity index (χ1) is 14.0. The van der Waals surface area contributed by atoms with Gasteiger partial charge in [0.25, 0.3) is 0 Å². The van der Waals surface area contributed by atoms with E-state index in [0.717, 1.165) is 52.8 Å². The van der Waals surface area contributed by atoms with Gasteiger partial charge in [-0.05, 0) is 62.3 Å². The largest absolute Gasteiger partial charge is 0.387 e. The third kappa shape index (κ3) is 2.99. The summed E-state index contributed by atoms with van der Waals surface area (Å²) in [5.74, 6) is 1.45. The van der Waals surface area contributed by atoms with Gasteiger partial charge in [0.2, 0.25) is 5.91 Å². The molecule has 3 saturated carbocycles. The molecule has 2 bridgehead atoms. The third-order valence-electron chi connectivity index (χ3n) is 6.50. The quantitative estimate of drug-likeness (QED) is 0.684. The number of hydrogen-bond donors (Lipinski definition) is 2. The van der Waals surface area contributed by atoms with Crippen molar-refractivity contribution in [2.45, 2.75) is 45.6 Å². The SMILES string of the molecule is CCC(O)c1cc(C)c(-c2cc3cnc(NC(=O)C45CC(C4)C5)cc3cn2)cn1. The number of carbonyl (C=O) groups is 1. The molecule has 3 aliphatic rings. The van der Waals surface area contributed by atoms with Crippen LogP contribution in [0.15, 0.2) is 36.8 Å². The number of fused-ring (bicyclic) bond motifs is 1. The van der Waals surface area contributed by atoms with Crippen molar-refractivity contribution in [1.29, 1.82) is 0 Å². The molecule has 2 N–H and O–H groups in total. The molecule has 6 nitrogen and oxygen atoms in total. The summed E-state index contributed by atoms with van der Waals surface area (Å²) in [6.07, 6.45) is 8.51. The van der Waals surface area contributed by atoms with Gasteiger partial charge in [0, 0.05) is 34.9 Å². The Balaban J connectivity index is 1.40. The number of anilines is 1. The highest BCUT2D eigenvalue weighted by Gasteiger charge is 2.61. The van der Waals surface area contributed by atoms with Gasteiger partial charge in [-0.1, -0.05) is 6.92 Å². The van der Waals surface area contributed by atoms with Crippen molar-refractivity contribution in [2.75, 3.05) is 5.32 Å². The number of aliphatic hydroxyl groups excluding tert-OH is 1. The van der Waals surface area contributed by atoms with E-state index in [4.69, 9.17) is 0 Å². The van der Waals surface area contributed by atoms with Gasteiger partial charge in [-0.25, -0.2) is 4.98 Å². The van der Waals surface area contributed by atoms with Crippen molar-refractivity contribution in [1.82, 2.24) is 15.0 Å². The van der Waals surface area contributed by atoms with E-state index in [1.807, 2.05) is 32.0 Å². The number of amides is 1. The number of aromatic nitrogens is 3. The molecule has 6 heteroatoms. The Kier molecular flexibility index (Phi) is 4.13. The fourth-order valence-electron chi connectivity index (χ4n) is 4.50. The van der Waals surface area contributed by atoms with Crippen LogP contribution in [-0.2, 0) is 4.79 Å². The summed E-state index contributed by atoms with van der Waals surface area (Å²) < 4.78 is 0. The van der Waals surface area contributed by atoms with E-state index in [-0.39, 0.29) is 11.3 Å². The molecular formula is C23H24N4O2. The highest BCUT2D eigenvalue weighted by molar-refractivity contribution is 5.98. The maximum absolute atomic E-state index is 12.5. The summed E-state index contributed by atoms with van der Waals surface area (Å²) in [4.78, 5) is 25.9. The minimum Gasteiger partial charge on any atom is -0.387 e. The van der Waals surface area contributed by atoms with Gasteiger partial charge >= 0.3 is 0 Å². The molecule has 0 aliphatic heterocycles. The van der Waals surface area contributed by atoms with E-state index in [2.05, 4.69) is 20.3 Å². The lowest BCUT2D eigenvalue weighted by molar-refractivity contribution is -0.158. The van der Waals surface area contributed by atoms with Crippen LogP contribution in [0, 0.1) is 18.3 Å². The molecule has 3 heterocycles. The minimum absolute atomic E-state index is 0.104. The standard InChI is InChI=1S/C23H24N4O2/c1-3-20(28)19-4-13(2)17(12-25-19)18-5-15-11-26-21(6-16(15)10-24-18)27-22(29)23-7-14(8-23)9-23/h4-6,10-12,14,20,28H,3,7-9H2,1-2H3,(H,26,27,29). The van der Waals surface area contributed by atoms with Gasteiger partial charge in [0.1, 0.15) is 5.82 Å². The lowest BCUT2D eigenvalue weighted by Crippen LogP contribution is -2.58.